The highest BCUT2D eigenvalue weighted by molar-refractivity contribution is 7.15. The number of allylic oxidation sites excluding steroid dienone is 1. The number of aromatic nitrogens is 1. The fraction of sp³-hybridized carbons (Fsp3) is 0.214. The van der Waals surface area contributed by atoms with Gasteiger partial charge in [-0.3, -0.25) is 0 Å². The molecule has 0 aliphatic heterocycles. The van der Waals surface area contributed by atoms with Gasteiger partial charge in [0, 0.05) is 21.5 Å². The fourth-order valence-corrected chi connectivity index (χ4v) is 2.70. The van der Waals surface area contributed by atoms with Crippen molar-refractivity contribution in [1.29, 1.82) is 0 Å². The molecule has 17 heavy (non-hydrogen) atoms. The molecule has 2 aromatic rings. The summed E-state index contributed by atoms with van der Waals surface area (Å²) >= 11 is 1.73. The lowest BCUT2D eigenvalue weighted by molar-refractivity contribution is 0.584. The van der Waals surface area contributed by atoms with E-state index in [9.17, 15) is 4.39 Å². The summed E-state index contributed by atoms with van der Waals surface area (Å²) < 4.78 is 12.7. The van der Waals surface area contributed by atoms with E-state index in [0.29, 0.717) is 5.92 Å². The molecule has 3 heteroatoms. The summed E-state index contributed by atoms with van der Waals surface area (Å²) in [6, 6.07) is 7.32. The van der Waals surface area contributed by atoms with E-state index in [1.165, 1.54) is 10.9 Å². The van der Waals surface area contributed by atoms with E-state index in [4.69, 9.17) is 0 Å². The van der Waals surface area contributed by atoms with Crippen molar-refractivity contribution in [2.75, 3.05) is 0 Å². The Kier molecular flexibility index (Phi) is 3.69. The maximum Gasteiger partial charge on any atom is 0.212 e. The van der Waals surface area contributed by atoms with Crippen LogP contribution in [0.3, 0.4) is 0 Å². The number of pyridine rings is 1. The zero-order chi connectivity index (χ0) is 12.3. The molecule has 0 aromatic carbocycles. The van der Waals surface area contributed by atoms with Gasteiger partial charge in [-0.2, -0.15) is 4.39 Å². The highest BCUT2D eigenvalue weighted by Crippen LogP contribution is 2.29. The zero-order valence-electron chi connectivity index (χ0n) is 9.69. The lowest BCUT2D eigenvalue weighted by Crippen LogP contribution is -1.91. The van der Waals surface area contributed by atoms with E-state index in [0.717, 1.165) is 16.9 Å². The first kappa shape index (κ1) is 12.0. The summed E-state index contributed by atoms with van der Waals surface area (Å²) in [7, 11) is 0. The molecular weight excluding hydrogens is 233 g/mol. The molecule has 2 rings (SSSR count). The third-order valence-electron chi connectivity index (χ3n) is 2.60. The Morgan fingerprint density at radius 2 is 2.24 bits per heavy atom. The van der Waals surface area contributed by atoms with Gasteiger partial charge < -0.3 is 0 Å². The van der Waals surface area contributed by atoms with Crippen molar-refractivity contribution in [3.8, 4) is 10.4 Å². The van der Waals surface area contributed by atoms with Crippen LogP contribution in [0.15, 0.2) is 43.1 Å². The molecule has 0 fully saturated rings. The minimum atomic E-state index is -0.439. The number of hydrogen-bond donors (Lipinski definition) is 0. The van der Waals surface area contributed by atoms with Crippen molar-refractivity contribution in [1.82, 2.24) is 4.98 Å². The third kappa shape index (κ3) is 3.01. The molecule has 0 saturated heterocycles. The van der Waals surface area contributed by atoms with Gasteiger partial charge in [-0.15, -0.1) is 17.9 Å². The Morgan fingerprint density at radius 3 is 2.88 bits per heavy atom. The van der Waals surface area contributed by atoms with E-state index in [-0.39, 0.29) is 0 Å². The second-order valence-electron chi connectivity index (χ2n) is 4.05. The second-order valence-corrected chi connectivity index (χ2v) is 5.22. The summed E-state index contributed by atoms with van der Waals surface area (Å²) in [6.07, 6.45) is 4.53. The summed E-state index contributed by atoms with van der Waals surface area (Å²) in [6.45, 7) is 5.93. The van der Waals surface area contributed by atoms with E-state index in [1.54, 1.807) is 23.6 Å². The van der Waals surface area contributed by atoms with Crippen LogP contribution in [0.4, 0.5) is 4.39 Å². The molecule has 1 unspecified atom stereocenters. The first-order chi connectivity index (χ1) is 8.19. The van der Waals surface area contributed by atoms with Crippen LogP contribution < -0.4 is 0 Å². The van der Waals surface area contributed by atoms with E-state index >= 15 is 0 Å². The van der Waals surface area contributed by atoms with E-state index in [1.807, 2.05) is 6.08 Å². The van der Waals surface area contributed by atoms with Crippen LogP contribution in [0.1, 0.15) is 11.8 Å². The predicted octanol–water partition coefficient (Wildman–Crippen LogP) is 4.31. The van der Waals surface area contributed by atoms with Crippen LogP contribution in [0.25, 0.3) is 10.4 Å². The van der Waals surface area contributed by atoms with Gasteiger partial charge in [0.2, 0.25) is 5.95 Å². The molecule has 0 amide bonds. The van der Waals surface area contributed by atoms with Crippen LogP contribution in [0, 0.1) is 11.9 Å². The predicted molar refractivity (Wildman–Crippen MR) is 70.6 cm³/mol. The highest BCUT2D eigenvalue weighted by Gasteiger charge is 2.05. The van der Waals surface area contributed by atoms with Crippen LogP contribution in [-0.4, -0.2) is 4.98 Å². The summed E-state index contributed by atoms with van der Waals surface area (Å²) in [5.41, 5.74) is 0.967. The molecule has 0 radical (unpaired) electrons. The standard InChI is InChI=1S/C14H14FNS/c1-3-10(2)8-12-5-6-13(17-12)11-4-7-14(15)16-9-11/h3-7,9-10H,1,8H2,2H3. The Morgan fingerprint density at radius 1 is 1.41 bits per heavy atom. The average Bonchev–Trinajstić information content (AvgIpc) is 2.78. The first-order valence-electron chi connectivity index (χ1n) is 5.52. The van der Waals surface area contributed by atoms with Gasteiger partial charge in [0.1, 0.15) is 0 Å². The summed E-state index contributed by atoms with van der Waals surface area (Å²) in [5.74, 6) is 0.0404. The molecule has 0 bridgehead atoms. The van der Waals surface area contributed by atoms with Crippen molar-refractivity contribution in [3.63, 3.8) is 0 Å². The molecule has 1 atom stereocenters. The molecule has 0 spiro atoms. The number of halogens is 1. The maximum absolute atomic E-state index is 12.7. The van der Waals surface area contributed by atoms with Gasteiger partial charge in [0.15, 0.2) is 0 Å². The van der Waals surface area contributed by atoms with Gasteiger partial charge in [-0.05, 0) is 36.6 Å². The maximum atomic E-state index is 12.7. The van der Waals surface area contributed by atoms with Crippen LogP contribution in [0.2, 0.25) is 0 Å². The Hall–Kier alpha value is -1.48. The van der Waals surface area contributed by atoms with Crippen molar-refractivity contribution in [2.45, 2.75) is 13.3 Å². The fourth-order valence-electron chi connectivity index (χ4n) is 1.57. The minimum Gasteiger partial charge on any atom is -0.228 e. The molecule has 0 saturated carbocycles. The Balaban J connectivity index is 2.17. The molecule has 2 aromatic heterocycles. The molecular formula is C14H14FNS. The van der Waals surface area contributed by atoms with Gasteiger partial charge in [-0.25, -0.2) is 4.98 Å². The smallest absolute Gasteiger partial charge is 0.212 e. The SMILES string of the molecule is C=CC(C)Cc1ccc(-c2ccc(F)nc2)s1. The average molecular weight is 247 g/mol. The molecule has 0 N–H and O–H groups in total. The number of thiophene rings is 1. The minimum absolute atomic E-state index is 0.439. The molecule has 0 aliphatic rings. The topological polar surface area (TPSA) is 12.9 Å². The summed E-state index contributed by atoms with van der Waals surface area (Å²) in [5, 5.41) is 0. The highest BCUT2D eigenvalue weighted by atomic mass is 32.1. The lowest BCUT2D eigenvalue weighted by Gasteiger charge is -2.01. The normalized spacial score (nSPS) is 12.4. The Labute approximate surface area is 105 Å². The molecule has 1 nitrogen and oxygen atoms in total. The van der Waals surface area contributed by atoms with Crippen LogP contribution in [0.5, 0.6) is 0 Å². The number of rotatable bonds is 4. The van der Waals surface area contributed by atoms with Crippen molar-refractivity contribution >= 4 is 11.3 Å². The van der Waals surface area contributed by atoms with Gasteiger partial charge in [0.05, 0.1) is 0 Å². The van der Waals surface area contributed by atoms with Gasteiger partial charge >= 0.3 is 0 Å². The number of nitrogens with zero attached hydrogens (tertiary/aromatic N) is 1. The molecule has 88 valence electrons. The second kappa shape index (κ2) is 5.23. The van der Waals surface area contributed by atoms with Crippen molar-refractivity contribution < 1.29 is 4.39 Å². The van der Waals surface area contributed by atoms with Crippen molar-refractivity contribution in [2.24, 2.45) is 5.92 Å². The largest absolute Gasteiger partial charge is 0.228 e. The van der Waals surface area contributed by atoms with E-state index in [2.05, 4.69) is 30.6 Å². The monoisotopic (exact) mass is 247 g/mol. The third-order valence-corrected chi connectivity index (χ3v) is 3.76. The quantitative estimate of drug-likeness (QED) is 0.579. The van der Waals surface area contributed by atoms with Gasteiger partial charge in [-0.1, -0.05) is 13.0 Å². The van der Waals surface area contributed by atoms with E-state index < -0.39 is 5.95 Å². The van der Waals surface area contributed by atoms with Crippen molar-refractivity contribution in [3.05, 3.63) is 53.9 Å². The molecule has 0 aliphatic carbocycles. The van der Waals surface area contributed by atoms with Gasteiger partial charge in [0.25, 0.3) is 0 Å². The van der Waals surface area contributed by atoms with Crippen LogP contribution in [-0.2, 0) is 6.42 Å². The number of hydrogen-bond acceptors (Lipinski definition) is 2. The first-order valence-corrected chi connectivity index (χ1v) is 6.34. The van der Waals surface area contributed by atoms with Crippen LogP contribution >= 0.6 is 11.3 Å². The lowest BCUT2D eigenvalue weighted by atomic mass is 10.1. The summed E-state index contributed by atoms with van der Waals surface area (Å²) in [4.78, 5) is 6.11. The Bertz CT molecular complexity index is 501. The zero-order valence-corrected chi connectivity index (χ0v) is 10.5. The molecule has 2 heterocycles.